The molecule has 0 radical (unpaired) electrons. The summed E-state index contributed by atoms with van der Waals surface area (Å²) in [6.07, 6.45) is 0.419. The molecule has 0 unspecified atom stereocenters. The number of nitrogens with zero attached hydrogens (tertiary/aromatic N) is 2. The number of nitrogens with one attached hydrogen (secondary N) is 1. The molecule has 20 heavy (non-hydrogen) atoms. The normalized spacial score (nSPS) is 26.1. The Morgan fingerprint density at radius 1 is 1.40 bits per heavy atom. The van der Waals surface area contributed by atoms with Crippen molar-refractivity contribution < 1.29 is 19.3 Å². The number of hydrogen-bond acceptors (Lipinski definition) is 7. The zero-order chi connectivity index (χ0) is 14.5. The molecule has 1 fully saturated rings. The maximum Gasteiger partial charge on any atom is 0.266 e. The standard InChI is InChI=1S/C12H15N3O4S/c1-12(4-5-18-13-19-12)15-9(16)7-6-20-11(14(2)3)8(7)10(15)17/h6,13H,4-5H2,1-3H3/t12-/m0/s1. The highest BCUT2D eigenvalue weighted by molar-refractivity contribution is 7.15. The van der Waals surface area contributed by atoms with Crippen LogP contribution in [-0.4, -0.2) is 43.1 Å². The van der Waals surface area contributed by atoms with Crippen molar-refractivity contribution >= 4 is 28.2 Å². The van der Waals surface area contributed by atoms with Gasteiger partial charge in [-0.2, -0.15) is 0 Å². The lowest BCUT2D eigenvalue weighted by Crippen LogP contribution is -2.57. The van der Waals surface area contributed by atoms with Gasteiger partial charge in [0.1, 0.15) is 5.00 Å². The fraction of sp³-hybridized carbons (Fsp3) is 0.500. The molecule has 3 heterocycles. The molecular formula is C12H15N3O4S. The molecule has 108 valence electrons. The number of carbonyl (C=O) groups excluding carboxylic acids is 2. The van der Waals surface area contributed by atoms with Crippen LogP contribution in [0.4, 0.5) is 5.00 Å². The summed E-state index contributed by atoms with van der Waals surface area (Å²) in [5, 5.41) is 2.51. The second-order valence-electron chi connectivity index (χ2n) is 5.13. The van der Waals surface area contributed by atoms with E-state index in [-0.39, 0.29) is 11.8 Å². The predicted molar refractivity (Wildman–Crippen MR) is 72.3 cm³/mol. The number of imide groups is 1. The topological polar surface area (TPSA) is 71.1 Å². The fourth-order valence-corrected chi connectivity index (χ4v) is 3.38. The SMILES string of the molecule is CN(C)c1scc2c1C(=O)N([C@]1(C)CCONO1)C2=O. The van der Waals surface area contributed by atoms with Crippen LogP contribution >= 0.6 is 11.3 Å². The van der Waals surface area contributed by atoms with E-state index in [1.807, 2.05) is 19.0 Å². The van der Waals surface area contributed by atoms with Crippen LogP contribution in [0.25, 0.3) is 0 Å². The minimum absolute atomic E-state index is 0.318. The molecule has 0 saturated carbocycles. The Morgan fingerprint density at radius 3 is 2.75 bits per heavy atom. The first-order valence-corrected chi connectivity index (χ1v) is 7.06. The van der Waals surface area contributed by atoms with E-state index < -0.39 is 5.72 Å². The number of rotatable bonds is 2. The first kappa shape index (κ1) is 13.5. The van der Waals surface area contributed by atoms with E-state index in [4.69, 9.17) is 9.68 Å². The zero-order valence-corrected chi connectivity index (χ0v) is 12.2. The summed E-state index contributed by atoms with van der Waals surface area (Å²) in [6.45, 7) is 2.06. The molecule has 2 aliphatic heterocycles. The maximum atomic E-state index is 12.6. The van der Waals surface area contributed by atoms with Crippen molar-refractivity contribution in [1.82, 2.24) is 10.5 Å². The molecule has 0 aliphatic carbocycles. The van der Waals surface area contributed by atoms with Gasteiger partial charge in [0, 0.05) is 25.9 Å². The van der Waals surface area contributed by atoms with Gasteiger partial charge in [-0.1, -0.05) is 5.64 Å². The molecule has 1 aromatic rings. The van der Waals surface area contributed by atoms with Gasteiger partial charge in [0.05, 0.1) is 17.7 Å². The van der Waals surface area contributed by atoms with Gasteiger partial charge in [-0.25, -0.2) is 9.74 Å². The summed E-state index contributed by atoms with van der Waals surface area (Å²) in [7, 11) is 3.70. The third-order valence-corrected chi connectivity index (χ3v) is 4.64. The van der Waals surface area contributed by atoms with Gasteiger partial charge >= 0.3 is 0 Å². The van der Waals surface area contributed by atoms with Crippen LogP contribution in [0.1, 0.15) is 34.1 Å². The molecule has 3 rings (SSSR count). The van der Waals surface area contributed by atoms with Gasteiger partial charge in [0.15, 0.2) is 5.72 Å². The second-order valence-corrected chi connectivity index (χ2v) is 5.99. The summed E-state index contributed by atoms with van der Waals surface area (Å²) in [5.41, 5.74) is 2.16. The average molecular weight is 297 g/mol. The van der Waals surface area contributed by atoms with E-state index in [1.165, 1.54) is 16.2 Å². The fourth-order valence-electron chi connectivity index (χ4n) is 2.40. The van der Waals surface area contributed by atoms with Gasteiger partial charge in [0.25, 0.3) is 11.8 Å². The van der Waals surface area contributed by atoms with Gasteiger partial charge in [-0.15, -0.1) is 11.3 Å². The molecule has 2 aliphatic rings. The van der Waals surface area contributed by atoms with Crippen LogP contribution in [0.15, 0.2) is 5.38 Å². The highest BCUT2D eigenvalue weighted by Gasteiger charge is 2.50. The van der Waals surface area contributed by atoms with Crippen molar-refractivity contribution in [1.29, 1.82) is 0 Å². The molecule has 0 spiro atoms. The lowest BCUT2D eigenvalue weighted by Gasteiger charge is -2.38. The molecule has 0 bridgehead atoms. The third-order valence-electron chi connectivity index (χ3n) is 3.49. The average Bonchev–Trinajstić information content (AvgIpc) is 2.92. The highest BCUT2D eigenvalue weighted by Crippen LogP contribution is 2.40. The van der Waals surface area contributed by atoms with Crippen LogP contribution in [0.3, 0.4) is 0 Å². The molecule has 7 nitrogen and oxygen atoms in total. The Kier molecular flexibility index (Phi) is 3.05. The summed E-state index contributed by atoms with van der Waals surface area (Å²) < 4.78 is 0. The lowest BCUT2D eigenvalue weighted by molar-refractivity contribution is -0.302. The van der Waals surface area contributed by atoms with Crippen LogP contribution in [0, 0.1) is 0 Å². The quantitative estimate of drug-likeness (QED) is 0.821. The minimum atomic E-state index is -1.04. The van der Waals surface area contributed by atoms with Crippen molar-refractivity contribution in [3.8, 4) is 0 Å². The molecule has 8 heteroatoms. The van der Waals surface area contributed by atoms with Crippen LogP contribution in [0.2, 0.25) is 0 Å². The number of hydrogen-bond donors (Lipinski definition) is 1. The second kappa shape index (κ2) is 4.52. The highest BCUT2D eigenvalue weighted by atomic mass is 32.1. The number of carbonyl (C=O) groups is 2. The van der Waals surface area contributed by atoms with Crippen LogP contribution < -0.4 is 10.5 Å². The molecule has 0 aromatic carbocycles. The van der Waals surface area contributed by atoms with Gasteiger partial charge in [-0.05, 0) is 6.92 Å². The van der Waals surface area contributed by atoms with E-state index in [2.05, 4.69) is 5.64 Å². The van der Waals surface area contributed by atoms with E-state index in [1.54, 1.807) is 12.3 Å². The Hall–Kier alpha value is -1.48. The van der Waals surface area contributed by atoms with Crippen molar-refractivity contribution in [2.45, 2.75) is 19.1 Å². The predicted octanol–water partition coefficient (Wildman–Crippen LogP) is 0.983. The number of thiophene rings is 1. The summed E-state index contributed by atoms with van der Waals surface area (Å²) >= 11 is 1.39. The number of fused-ring (bicyclic) bond motifs is 1. The molecule has 1 saturated heterocycles. The lowest BCUT2D eigenvalue weighted by atomic mass is 10.1. The molecule has 1 atom stereocenters. The Balaban J connectivity index is 2.01. The van der Waals surface area contributed by atoms with E-state index in [9.17, 15) is 9.59 Å². The molecular weight excluding hydrogens is 282 g/mol. The van der Waals surface area contributed by atoms with Crippen LogP contribution in [0.5, 0.6) is 0 Å². The summed E-state index contributed by atoms with van der Waals surface area (Å²) in [4.78, 5) is 38.3. The number of anilines is 1. The number of amides is 2. The first-order valence-electron chi connectivity index (χ1n) is 6.18. The van der Waals surface area contributed by atoms with Gasteiger partial charge in [0.2, 0.25) is 0 Å². The molecule has 1 aromatic heterocycles. The zero-order valence-electron chi connectivity index (χ0n) is 11.4. The Morgan fingerprint density at radius 2 is 2.15 bits per heavy atom. The molecule has 2 amide bonds. The van der Waals surface area contributed by atoms with Gasteiger partial charge < -0.3 is 4.90 Å². The first-order chi connectivity index (χ1) is 9.46. The van der Waals surface area contributed by atoms with Gasteiger partial charge in [-0.3, -0.25) is 14.4 Å². The van der Waals surface area contributed by atoms with E-state index >= 15 is 0 Å². The van der Waals surface area contributed by atoms with Crippen molar-refractivity contribution in [3.05, 3.63) is 16.5 Å². The minimum Gasteiger partial charge on any atom is -0.369 e. The smallest absolute Gasteiger partial charge is 0.266 e. The summed E-state index contributed by atoms with van der Waals surface area (Å²) in [6, 6.07) is 0. The third kappa shape index (κ3) is 1.76. The van der Waals surface area contributed by atoms with Crippen molar-refractivity contribution in [2.24, 2.45) is 0 Å². The Labute approximate surface area is 120 Å². The molecule has 1 N–H and O–H groups in total. The van der Waals surface area contributed by atoms with Crippen molar-refractivity contribution in [2.75, 3.05) is 25.6 Å². The maximum absolute atomic E-state index is 12.6. The van der Waals surface area contributed by atoms with E-state index in [0.29, 0.717) is 24.2 Å². The monoisotopic (exact) mass is 297 g/mol. The van der Waals surface area contributed by atoms with Crippen LogP contribution in [-0.2, 0) is 9.68 Å². The van der Waals surface area contributed by atoms with Crippen molar-refractivity contribution in [3.63, 3.8) is 0 Å². The Bertz CT molecular complexity index is 577. The van der Waals surface area contributed by atoms with E-state index in [0.717, 1.165) is 5.00 Å². The largest absolute Gasteiger partial charge is 0.369 e. The summed E-state index contributed by atoms with van der Waals surface area (Å²) in [5.74, 6) is -0.637.